The number of benzene rings is 1. The van der Waals surface area contributed by atoms with Crippen LogP contribution in [0.3, 0.4) is 0 Å². The van der Waals surface area contributed by atoms with Crippen molar-refractivity contribution in [3.63, 3.8) is 0 Å². The van der Waals surface area contributed by atoms with Crippen LogP contribution in [0.2, 0.25) is 0 Å². The van der Waals surface area contributed by atoms with E-state index in [1.54, 1.807) is 0 Å². The van der Waals surface area contributed by atoms with E-state index in [0.29, 0.717) is 24.8 Å². The van der Waals surface area contributed by atoms with E-state index in [9.17, 15) is 17.6 Å². The Morgan fingerprint density at radius 2 is 1.53 bits per heavy atom. The molecule has 19 heavy (non-hydrogen) atoms. The molecule has 2 rings (SSSR count). The van der Waals surface area contributed by atoms with Crippen molar-refractivity contribution in [3.8, 4) is 5.75 Å². The number of ether oxygens (including phenoxy) is 1. The molecule has 1 nitrogen and oxygen atoms in total. The SMILES string of the molecule is CC1CCC(C(F)(F)Oc2cc(F)cc(F)c2)CC1. The summed E-state index contributed by atoms with van der Waals surface area (Å²) in [7, 11) is 0. The standard InChI is InChI=1S/C14H16F4O/c1-9-2-4-10(5-3-9)14(17,18)19-13-7-11(15)6-12(16)8-13/h6-10H,2-5H2,1H3. The van der Waals surface area contributed by atoms with Crippen molar-refractivity contribution < 1.29 is 22.3 Å². The van der Waals surface area contributed by atoms with Crippen LogP contribution < -0.4 is 4.74 Å². The summed E-state index contributed by atoms with van der Waals surface area (Å²) in [5.41, 5.74) is 0. The van der Waals surface area contributed by atoms with E-state index in [2.05, 4.69) is 4.74 Å². The van der Waals surface area contributed by atoms with Crippen molar-refractivity contribution in [2.45, 2.75) is 38.7 Å². The van der Waals surface area contributed by atoms with Gasteiger partial charge in [-0.25, -0.2) is 8.78 Å². The monoisotopic (exact) mass is 276 g/mol. The summed E-state index contributed by atoms with van der Waals surface area (Å²) < 4.78 is 58.2. The Kier molecular flexibility index (Phi) is 4.02. The highest BCUT2D eigenvalue weighted by molar-refractivity contribution is 5.24. The predicted octanol–water partition coefficient (Wildman–Crippen LogP) is 4.76. The average molecular weight is 276 g/mol. The van der Waals surface area contributed by atoms with E-state index in [1.807, 2.05) is 6.92 Å². The van der Waals surface area contributed by atoms with Crippen molar-refractivity contribution in [2.24, 2.45) is 11.8 Å². The Bertz CT molecular complexity index is 419. The van der Waals surface area contributed by atoms with Gasteiger partial charge in [0.15, 0.2) is 0 Å². The first-order chi connectivity index (χ1) is 8.87. The molecule has 0 N–H and O–H groups in total. The van der Waals surface area contributed by atoms with Gasteiger partial charge in [-0.1, -0.05) is 19.8 Å². The third-order valence-corrected chi connectivity index (χ3v) is 3.58. The molecule has 0 spiro atoms. The van der Waals surface area contributed by atoms with Crippen molar-refractivity contribution in [3.05, 3.63) is 29.8 Å². The van der Waals surface area contributed by atoms with Crippen LogP contribution in [0.1, 0.15) is 32.6 Å². The second-order valence-corrected chi connectivity index (χ2v) is 5.23. The van der Waals surface area contributed by atoms with Gasteiger partial charge in [0.2, 0.25) is 0 Å². The Labute approximate surface area is 109 Å². The summed E-state index contributed by atoms with van der Waals surface area (Å²) in [6.45, 7) is 2.02. The normalized spacial score (nSPS) is 24.3. The summed E-state index contributed by atoms with van der Waals surface area (Å²) in [6, 6.07) is 2.15. The number of rotatable bonds is 3. The van der Waals surface area contributed by atoms with Crippen molar-refractivity contribution in [1.82, 2.24) is 0 Å². The first-order valence-electron chi connectivity index (χ1n) is 6.40. The topological polar surface area (TPSA) is 9.23 Å². The van der Waals surface area contributed by atoms with Crippen LogP contribution in [-0.4, -0.2) is 6.11 Å². The highest BCUT2D eigenvalue weighted by Crippen LogP contribution is 2.39. The molecule has 0 atom stereocenters. The minimum Gasteiger partial charge on any atom is -0.432 e. The van der Waals surface area contributed by atoms with Gasteiger partial charge in [-0.15, -0.1) is 0 Å². The fourth-order valence-electron chi connectivity index (χ4n) is 2.42. The van der Waals surface area contributed by atoms with Gasteiger partial charge in [-0.2, -0.15) is 8.78 Å². The summed E-state index contributed by atoms with van der Waals surface area (Å²) in [4.78, 5) is 0. The van der Waals surface area contributed by atoms with Gasteiger partial charge >= 0.3 is 6.11 Å². The summed E-state index contributed by atoms with van der Waals surface area (Å²) in [5.74, 6) is -2.78. The van der Waals surface area contributed by atoms with Crippen LogP contribution in [0.4, 0.5) is 17.6 Å². The molecule has 0 heterocycles. The zero-order chi connectivity index (χ0) is 14.0. The third kappa shape index (κ3) is 3.61. The van der Waals surface area contributed by atoms with E-state index in [0.717, 1.165) is 25.0 Å². The molecular weight excluding hydrogens is 260 g/mol. The van der Waals surface area contributed by atoms with E-state index in [4.69, 9.17) is 0 Å². The third-order valence-electron chi connectivity index (χ3n) is 3.58. The minimum atomic E-state index is -3.39. The van der Waals surface area contributed by atoms with Gasteiger partial charge in [-0.05, 0) is 18.8 Å². The first-order valence-corrected chi connectivity index (χ1v) is 6.40. The zero-order valence-corrected chi connectivity index (χ0v) is 10.6. The van der Waals surface area contributed by atoms with Crippen LogP contribution in [0, 0.1) is 23.5 Å². The number of hydrogen-bond acceptors (Lipinski definition) is 1. The van der Waals surface area contributed by atoms with Crippen molar-refractivity contribution in [1.29, 1.82) is 0 Å². The molecule has 0 aliphatic heterocycles. The average Bonchev–Trinajstić information content (AvgIpc) is 2.27. The largest absolute Gasteiger partial charge is 0.432 e. The molecule has 0 bridgehead atoms. The molecule has 0 amide bonds. The molecule has 0 radical (unpaired) electrons. The van der Waals surface area contributed by atoms with Gasteiger partial charge in [0.25, 0.3) is 0 Å². The van der Waals surface area contributed by atoms with Gasteiger partial charge in [0, 0.05) is 18.2 Å². The van der Waals surface area contributed by atoms with Crippen LogP contribution in [0.25, 0.3) is 0 Å². The van der Waals surface area contributed by atoms with Gasteiger partial charge in [0.1, 0.15) is 17.4 Å². The van der Waals surface area contributed by atoms with E-state index in [1.165, 1.54) is 0 Å². The molecule has 5 heteroatoms. The highest BCUT2D eigenvalue weighted by atomic mass is 19.3. The summed E-state index contributed by atoms with van der Waals surface area (Å²) in [5, 5.41) is 0. The molecule has 1 aromatic rings. The molecule has 0 unspecified atom stereocenters. The number of alkyl halides is 2. The Morgan fingerprint density at radius 3 is 2.05 bits per heavy atom. The Hall–Kier alpha value is -1.26. The first kappa shape index (κ1) is 14.2. The van der Waals surface area contributed by atoms with E-state index >= 15 is 0 Å². The van der Waals surface area contributed by atoms with Crippen LogP contribution >= 0.6 is 0 Å². The molecule has 1 aromatic carbocycles. The lowest BCUT2D eigenvalue weighted by Gasteiger charge is -2.32. The molecule has 1 aliphatic carbocycles. The Morgan fingerprint density at radius 1 is 1.00 bits per heavy atom. The van der Waals surface area contributed by atoms with E-state index in [-0.39, 0.29) is 0 Å². The molecule has 1 aliphatic rings. The predicted molar refractivity (Wildman–Crippen MR) is 63.1 cm³/mol. The Balaban J connectivity index is 2.07. The maximum absolute atomic E-state index is 13.9. The van der Waals surface area contributed by atoms with E-state index < -0.39 is 29.4 Å². The summed E-state index contributed by atoms with van der Waals surface area (Å²) in [6.07, 6.45) is -1.21. The fraction of sp³-hybridized carbons (Fsp3) is 0.571. The maximum Gasteiger partial charge on any atom is 0.400 e. The van der Waals surface area contributed by atoms with Crippen LogP contribution in [0.15, 0.2) is 18.2 Å². The molecule has 106 valence electrons. The maximum atomic E-state index is 13.9. The number of halogens is 4. The smallest absolute Gasteiger partial charge is 0.400 e. The van der Waals surface area contributed by atoms with Gasteiger partial charge in [0.05, 0.1) is 5.92 Å². The fourth-order valence-corrected chi connectivity index (χ4v) is 2.42. The summed E-state index contributed by atoms with van der Waals surface area (Å²) >= 11 is 0. The van der Waals surface area contributed by atoms with Crippen LogP contribution in [0.5, 0.6) is 5.75 Å². The van der Waals surface area contributed by atoms with Gasteiger partial charge in [-0.3, -0.25) is 0 Å². The quantitative estimate of drug-likeness (QED) is 0.723. The zero-order valence-electron chi connectivity index (χ0n) is 10.6. The molecule has 0 aromatic heterocycles. The molecule has 1 fully saturated rings. The lowest BCUT2D eigenvalue weighted by molar-refractivity contribution is -0.223. The second kappa shape index (κ2) is 5.39. The van der Waals surface area contributed by atoms with Crippen molar-refractivity contribution in [2.75, 3.05) is 0 Å². The lowest BCUT2D eigenvalue weighted by atomic mass is 9.82. The highest BCUT2D eigenvalue weighted by Gasteiger charge is 2.43. The second-order valence-electron chi connectivity index (χ2n) is 5.23. The lowest BCUT2D eigenvalue weighted by Crippen LogP contribution is -2.37. The molecule has 0 saturated heterocycles. The molecule has 1 saturated carbocycles. The molecular formula is C14H16F4O. The minimum absolute atomic E-state index is 0.367. The van der Waals surface area contributed by atoms with Crippen molar-refractivity contribution >= 4 is 0 Å². The number of hydrogen-bond donors (Lipinski definition) is 0. The van der Waals surface area contributed by atoms with Gasteiger partial charge < -0.3 is 4.74 Å². The van der Waals surface area contributed by atoms with Crippen LogP contribution in [-0.2, 0) is 0 Å².